The lowest BCUT2D eigenvalue weighted by atomic mass is 10.0. The van der Waals surface area contributed by atoms with Crippen LogP contribution >= 0.6 is 0 Å². The lowest BCUT2D eigenvalue weighted by molar-refractivity contribution is -0.137. The van der Waals surface area contributed by atoms with Gasteiger partial charge in [-0.3, -0.25) is 18.9 Å². The van der Waals surface area contributed by atoms with Crippen LogP contribution < -0.4 is 15.2 Å². The lowest BCUT2D eigenvalue weighted by Gasteiger charge is -2.19. The Hall–Kier alpha value is -5.12. The monoisotopic (exact) mass is 685 g/mol. The summed E-state index contributed by atoms with van der Waals surface area (Å²) in [7, 11) is -3.30. The highest BCUT2D eigenvalue weighted by Gasteiger charge is 2.27. The van der Waals surface area contributed by atoms with Crippen molar-refractivity contribution in [3.05, 3.63) is 72.4 Å². The molecule has 0 aliphatic heterocycles. The third-order valence-corrected chi connectivity index (χ3v) is 8.72. The van der Waals surface area contributed by atoms with Crippen molar-refractivity contribution in [3.63, 3.8) is 0 Å². The fraction of sp³-hybridized carbons (Fsp3) is 0.312. The van der Waals surface area contributed by atoms with Crippen molar-refractivity contribution < 1.29 is 36.2 Å². The number of hydrogen-bond acceptors (Lipinski definition) is 8. The van der Waals surface area contributed by atoms with Gasteiger partial charge in [-0.15, -0.1) is 0 Å². The first kappa shape index (κ1) is 34.2. The van der Waals surface area contributed by atoms with E-state index in [1.807, 2.05) is 10.9 Å². The van der Waals surface area contributed by atoms with Crippen LogP contribution in [0.1, 0.15) is 50.7 Å². The number of aryl methyl sites for hydroxylation is 2. The number of fused-ring (bicyclic) bond motifs is 1. The van der Waals surface area contributed by atoms with Crippen molar-refractivity contribution in [2.24, 2.45) is 7.05 Å². The van der Waals surface area contributed by atoms with E-state index in [4.69, 9.17) is 20.7 Å². The highest BCUT2D eigenvalue weighted by atomic mass is 32.2. The van der Waals surface area contributed by atoms with Crippen LogP contribution in [0.5, 0.6) is 5.75 Å². The summed E-state index contributed by atoms with van der Waals surface area (Å²) < 4.78 is 75.7. The quantitative estimate of drug-likeness (QED) is 0.106. The van der Waals surface area contributed by atoms with Crippen LogP contribution in [-0.4, -0.2) is 49.8 Å². The largest absolute Gasteiger partial charge is 0.484 e. The van der Waals surface area contributed by atoms with Crippen molar-refractivity contribution in [1.82, 2.24) is 24.5 Å². The van der Waals surface area contributed by atoms with Gasteiger partial charge in [0.05, 0.1) is 22.8 Å². The van der Waals surface area contributed by atoms with Gasteiger partial charge in [0, 0.05) is 49.1 Å². The number of nitrogen functional groups attached to an aromatic ring is 1. The van der Waals surface area contributed by atoms with Gasteiger partial charge in [-0.2, -0.15) is 19.0 Å². The Balaban J connectivity index is 1.48. The average Bonchev–Trinajstić information content (AvgIpc) is 3.65. The van der Waals surface area contributed by atoms with E-state index in [1.54, 1.807) is 35.7 Å². The number of halogens is 3. The van der Waals surface area contributed by atoms with Crippen molar-refractivity contribution in [2.45, 2.75) is 57.4 Å². The van der Waals surface area contributed by atoms with Gasteiger partial charge in [-0.1, -0.05) is 31.0 Å². The zero-order valence-corrected chi connectivity index (χ0v) is 26.9. The van der Waals surface area contributed by atoms with Crippen LogP contribution in [-0.2, 0) is 28.4 Å². The summed E-state index contributed by atoms with van der Waals surface area (Å²) in [5.41, 5.74) is 9.65. The third kappa shape index (κ3) is 7.70. The maximum atomic E-state index is 13.5. The molecule has 254 valence electrons. The average molecular weight is 686 g/mol. The fourth-order valence-corrected chi connectivity index (χ4v) is 5.88. The molecule has 5 rings (SSSR count). The predicted molar refractivity (Wildman–Crippen MR) is 174 cm³/mol. The number of hydrogen-bond donors (Lipinski definition) is 3. The van der Waals surface area contributed by atoms with E-state index in [0.29, 0.717) is 46.3 Å². The predicted octanol–water partition coefficient (Wildman–Crippen LogP) is 6.36. The number of nitrogens with one attached hydrogen (secondary N) is 1. The van der Waals surface area contributed by atoms with E-state index in [2.05, 4.69) is 10.1 Å². The van der Waals surface area contributed by atoms with Gasteiger partial charge in [0.15, 0.2) is 0 Å². The number of anilines is 2. The van der Waals surface area contributed by atoms with E-state index in [-0.39, 0.29) is 23.7 Å². The number of rotatable bonds is 15. The van der Waals surface area contributed by atoms with Gasteiger partial charge in [0.1, 0.15) is 29.2 Å². The molecular weight excluding hydrogens is 651 g/mol. The molecule has 4 N–H and O–H groups in total. The number of ether oxygens (including phenoxy) is 1. The molecule has 5 aromatic rings. The summed E-state index contributed by atoms with van der Waals surface area (Å²) in [6, 6.07) is 9.74. The fourth-order valence-electron chi connectivity index (χ4n) is 5.32. The van der Waals surface area contributed by atoms with Gasteiger partial charge in [0.2, 0.25) is 0 Å². The van der Waals surface area contributed by atoms with Gasteiger partial charge < -0.3 is 15.6 Å². The molecule has 0 aliphatic rings. The smallest absolute Gasteiger partial charge is 0.355 e. The molecule has 1 atom stereocenters. The number of pyridine rings is 1. The van der Waals surface area contributed by atoms with Gasteiger partial charge >= 0.3 is 11.7 Å². The van der Waals surface area contributed by atoms with Gasteiger partial charge in [-0.05, 0) is 49.6 Å². The number of alkyl halides is 2. The normalized spacial score (nSPS) is 12.5. The van der Waals surface area contributed by atoms with E-state index >= 15 is 0 Å². The lowest BCUT2D eigenvalue weighted by Crippen LogP contribution is -2.21. The summed E-state index contributed by atoms with van der Waals surface area (Å²) in [5.74, 6) is -4.83. The molecule has 2 aromatic carbocycles. The molecule has 0 saturated carbocycles. The van der Waals surface area contributed by atoms with Crippen molar-refractivity contribution in [1.29, 1.82) is 0 Å². The third-order valence-electron chi connectivity index (χ3n) is 7.75. The van der Waals surface area contributed by atoms with Gasteiger partial charge in [0.25, 0.3) is 10.0 Å². The minimum Gasteiger partial charge on any atom is -0.484 e. The first-order chi connectivity index (χ1) is 22.8. The topological polar surface area (TPSA) is 167 Å². The number of carboxylic acid groups (broad SMARTS) is 1. The molecule has 0 spiro atoms. The Morgan fingerprint density at radius 1 is 1.06 bits per heavy atom. The standard InChI is InChI=1S/C32H34F3N7O5S/c1-19(20-8-11-23(33)12-9-20)47-26-15-21(10-13-25(26)40-48(45,46)32(34)35)29-28-30(41(2)39-29)24(17-37-31(28)36)22-16-38-42(18-22)14-6-4-3-5-7-27(43)44/h8-13,15-19,32,40H,3-7,14H2,1-2H3,(H2,36,37)(H,43,44)/t19-/m0/s1. The maximum absolute atomic E-state index is 13.5. The summed E-state index contributed by atoms with van der Waals surface area (Å²) in [4.78, 5) is 15.1. The number of aliphatic carboxylic acids is 1. The van der Waals surface area contributed by atoms with E-state index in [1.165, 1.54) is 42.5 Å². The Morgan fingerprint density at radius 2 is 1.79 bits per heavy atom. The van der Waals surface area contributed by atoms with Crippen molar-refractivity contribution >= 4 is 38.4 Å². The second-order valence-electron chi connectivity index (χ2n) is 11.2. The highest BCUT2D eigenvalue weighted by Crippen LogP contribution is 2.40. The van der Waals surface area contributed by atoms with Crippen molar-refractivity contribution in [2.75, 3.05) is 10.5 Å². The van der Waals surface area contributed by atoms with Crippen LogP contribution in [0.3, 0.4) is 0 Å². The first-order valence-corrected chi connectivity index (χ1v) is 16.6. The summed E-state index contributed by atoms with van der Waals surface area (Å²) in [6.45, 7) is 2.30. The Labute approximate surface area is 274 Å². The molecule has 48 heavy (non-hydrogen) atoms. The molecule has 0 unspecified atom stereocenters. The maximum Gasteiger partial charge on any atom is 0.355 e. The molecule has 0 amide bonds. The zero-order chi connectivity index (χ0) is 34.6. The van der Waals surface area contributed by atoms with E-state index < -0.39 is 33.7 Å². The second kappa shape index (κ2) is 14.3. The molecule has 0 bridgehead atoms. The number of carbonyl (C=O) groups is 1. The molecule has 3 heterocycles. The van der Waals surface area contributed by atoms with Crippen LogP contribution in [0.2, 0.25) is 0 Å². The molecular formula is C32H34F3N7O5S. The molecule has 0 saturated heterocycles. The van der Waals surface area contributed by atoms with Crippen molar-refractivity contribution in [3.8, 4) is 28.1 Å². The van der Waals surface area contributed by atoms with Crippen LogP contribution in [0.4, 0.5) is 24.7 Å². The summed E-state index contributed by atoms with van der Waals surface area (Å²) in [5, 5.41) is 18.5. The molecule has 3 aromatic heterocycles. The summed E-state index contributed by atoms with van der Waals surface area (Å²) >= 11 is 0. The molecule has 0 radical (unpaired) electrons. The molecule has 0 fully saturated rings. The van der Waals surface area contributed by atoms with Crippen LogP contribution in [0, 0.1) is 5.82 Å². The summed E-state index contributed by atoms with van der Waals surface area (Å²) in [6.07, 6.45) is 7.79. The number of nitrogens with zero attached hydrogens (tertiary/aromatic N) is 5. The number of aromatic nitrogens is 5. The molecule has 16 heteroatoms. The molecule has 0 aliphatic carbocycles. The first-order valence-electron chi connectivity index (χ1n) is 15.1. The number of carboxylic acids is 1. The molecule has 12 nitrogen and oxygen atoms in total. The van der Waals surface area contributed by atoms with E-state index in [9.17, 15) is 26.4 Å². The SMILES string of the molecule is C[C@H](Oc1cc(-c2nn(C)c3c(-c4cnn(CCCCCCC(=O)O)c4)cnc(N)c23)ccc1NS(=O)(=O)C(F)F)c1ccc(F)cc1. The Kier molecular flexibility index (Phi) is 10.2. The van der Waals surface area contributed by atoms with Crippen LogP contribution in [0.15, 0.2) is 61.1 Å². The number of nitrogens with two attached hydrogens (primary N) is 1. The minimum absolute atomic E-state index is 0.0701. The second-order valence-corrected chi connectivity index (χ2v) is 12.9. The number of unbranched alkanes of at least 4 members (excludes halogenated alkanes) is 3. The van der Waals surface area contributed by atoms with Crippen LogP contribution in [0.25, 0.3) is 33.3 Å². The zero-order valence-electron chi connectivity index (χ0n) is 26.1. The van der Waals surface area contributed by atoms with Gasteiger partial charge in [-0.25, -0.2) is 17.8 Å². The van der Waals surface area contributed by atoms with E-state index in [0.717, 1.165) is 24.8 Å². The highest BCUT2D eigenvalue weighted by molar-refractivity contribution is 7.93. The number of sulfonamides is 1. The Bertz CT molecular complexity index is 2030. The Morgan fingerprint density at radius 3 is 2.50 bits per heavy atom. The minimum atomic E-state index is -5.03. The number of benzene rings is 2.